The summed E-state index contributed by atoms with van der Waals surface area (Å²) >= 11 is 0. The summed E-state index contributed by atoms with van der Waals surface area (Å²) in [7, 11) is 1.91. The summed E-state index contributed by atoms with van der Waals surface area (Å²) in [5.41, 5.74) is 1.15. The number of nitrogens with one attached hydrogen (secondary N) is 1. The molecule has 0 bridgehead atoms. The number of halogens is 2. The average Bonchev–Trinajstić information content (AvgIpc) is 2.40. The summed E-state index contributed by atoms with van der Waals surface area (Å²) in [6, 6.07) is 6.57. The quantitative estimate of drug-likeness (QED) is 0.886. The van der Waals surface area contributed by atoms with Gasteiger partial charge in [-0.15, -0.1) is 0 Å². The van der Waals surface area contributed by atoms with Crippen molar-refractivity contribution >= 4 is 0 Å². The molecule has 1 saturated heterocycles. The zero-order valence-electron chi connectivity index (χ0n) is 11.1. The van der Waals surface area contributed by atoms with E-state index < -0.39 is 6.43 Å². The highest BCUT2D eigenvalue weighted by molar-refractivity contribution is 5.23. The van der Waals surface area contributed by atoms with E-state index >= 15 is 0 Å². The van der Waals surface area contributed by atoms with Crippen LogP contribution in [0.25, 0.3) is 0 Å². The number of nitrogens with zero attached hydrogens (tertiary/aromatic N) is 1. The molecule has 0 amide bonds. The van der Waals surface area contributed by atoms with Crippen LogP contribution >= 0.6 is 0 Å². The fourth-order valence-corrected chi connectivity index (χ4v) is 2.30. The van der Waals surface area contributed by atoms with Gasteiger partial charge in [0.2, 0.25) is 0 Å². The molecule has 0 radical (unpaired) electrons. The van der Waals surface area contributed by atoms with Crippen molar-refractivity contribution in [3.05, 3.63) is 35.4 Å². The Kier molecular flexibility index (Phi) is 5.24. The molecule has 0 aliphatic carbocycles. The Labute approximate surface area is 112 Å². The van der Waals surface area contributed by atoms with Crippen LogP contribution in [0.1, 0.15) is 17.6 Å². The van der Waals surface area contributed by atoms with Gasteiger partial charge in [-0.1, -0.05) is 24.3 Å². The second-order valence-corrected chi connectivity index (χ2v) is 4.83. The lowest BCUT2D eigenvalue weighted by Gasteiger charge is -2.32. The normalized spacial score (nSPS) is 20.9. The monoisotopic (exact) mass is 270 g/mol. The summed E-state index contributed by atoms with van der Waals surface area (Å²) in [4.78, 5) is 2.29. The predicted molar refractivity (Wildman–Crippen MR) is 70.3 cm³/mol. The fraction of sp³-hybridized carbons (Fsp3) is 0.571. The highest BCUT2D eigenvalue weighted by atomic mass is 19.3. The molecule has 1 fully saturated rings. The van der Waals surface area contributed by atoms with Crippen LogP contribution in [-0.4, -0.2) is 44.3 Å². The first kappa shape index (κ1) is 14.4. The predicted octanol–water partition coefficient (Wildman–Crippen LogP) is 2.04. The molecule has 2 rings (SSSR count). The number of likely N-dealkylation sites (N-methyl/N-ethyl adjacent to an activating group) is 1. The smallest absolute Gasteiger partial charge is 0.263 e. The third kappa shape index (κ3) is 4.23. The molecule has 1 aliphatic rings. The van der Waals surface area contributed by atoms with E-state index in [1.54, 1.807) is 12.1 Å². The Morgan fingerprint density at radius 2 is 2.11 bits per heavy atom. The van der Waals surface area contributed by atoms with Gasteiger partial charge >= 0.3 is 0 Å². The van der Waals surface area contributed by atoms with Gasteiger partial charge in [-0.05, 0) is 12.6 Å². The molecule has 1 heterocycles. The Morgan fingerprint density at radius 1 is 1.37 bits per heavy atom. The van der Waals surface area contributed by atoms with Crippen LogP contribution in [0.15, 0.2) is 24.3 Å². The van der Waals surface area contributed by atoms with E-state index in [2.05, 4.69) is 10.2 Å². The summed E-state index contributed by atoms with van der Waals surface area (Å²) < 4.78 is 30.6. The number of ether oxygens (including phenoxy) is 1. The van der Waals surface area contributed by atoms with Crippen molar-refractivity contribution in [1.29, 1.82) is 0 Å². The number of alkyl halides is 2. The lowest BCUT2D eigenvalue weighted by atomic mass is 10.1. The minimum atomic E-state index is -2.39. The Hall–Kier alpha value is -1.04. The molecule has 0 aromatic heterocycles. The summed E-state index contributed by atoms with van der Waals surface area (Å²) in [5.74, 6) is 0. The van der Waals surface area contributed by atoms with Crippen LogP contribution < -0.4 is 5.32 Å². The van der Waals surface area contributed by atoms with Crippen LogP contribution in [-0.2, 0) is 11.3 Å². The first-order chi connectivity index (χ1) is 9.19. The lowest BCUT2D eigenvalue weighted by Crippen LogP contribution is -2.45. The lowest BCUT2D eigenvalue weighted by molar-refractivity contribution is -0.0291. The van der Waals surface area contributed by atoms with E-state index in [1.165, 1.54) is 12.1 Å². The SMILES string of the molecule is CNCC1CN(Cc2ccc(C(F)F)cc2)CCO1. The molecule has 1 unspecified atom stereocenters. The van der Waals surface area contributed by atoms with E-state index in [4.69, 9.17) is 4.74 Å². The van der Waals surface area contributed by atoms with Crippen LogP contribution in [0.3, 0.4) is 0 Å². The molecule has 0 spiro atoms. The molecule has 1 atom stereocenters. The molecule has 1 aliphatic heterocycles. The summed E-state index contributed by atoms with van der Waals surface area (Å²) in [6.45, 7) is 4.10. The number of hydrogen-bond acceptors (Lipinski definition) is 3. The highest BCUT2D eigenvalue weighted by Crippen LogP contribution is 2.19. The first-order valence-corrected chi connectivity index (χ1v) is 6.54. The first-order valence-electron chi connectivity index (χ1n) is 6.54. The molecule has 106 valence electrons. The van der Waals surface area contributed by atoms with Crippen LogP contribution in [0.2, 0.25) is 0 Å². The van der Waals surface area contributed by atoms with Gasteiger partial charge in [-0.3, -0.25) is 4.90 Å². The third-order valence-corrected chi connectivity index (χ3v) is 3.29. The van der Waals surface area contributed by atoms with Gasteiger partial charge in [0.25, 0.3) is 6.43 Å². The van der Waals surface area contributed by atoms with E-state index in [0.717, 1.165) is 38.3 Å². The van der Waals surface area contributed by atoms with Gasteiger partial charge in [0.15, 0.2) is 0 Å². The molecule has 0 saturated carbocycles. The van der Waals surface area contributed by atoms with Gasteiger partial charge in [0.1, 0.15) is 0 Å². The number of rotatable bonds is 5. The van der Waals surface area contributed by atoms with E-state index in [-0.39, 0.29) is 11.7 Å². The van der Waals surface area contributed by atoms with Crippen molar-refractivity contribution in [2.75, 3.05) is 33.3 Å². The summed E-state index contributed by atoms with van der Waals surface area (Å²) in [6.07, 6.45) is -2.18. The number of morpholine rings is 1. The zero-order chi connectivity index (χ0) is 13.7. The maximum atomic E-state index is 12.5. The molecule has 1 aromatic rings. The zero-order valence-corrected chi connectivity index (χ0v) is 11.1. The van der Waals surface area contributed by atoms with Crippen molar-refractivity contribution in [3.8, 4) is 0 Å². The number of benzene rings is 1. The fourth-order valence-electron chi connectivity index (χ4n) is 2.30. The van der Waals surface area contributed by atoms with E-state index in [9.17, 15) is 8.78 Å². The van der Waals surface area contributed by atoms with Gasteiger partial charge in [0, 0.05) is 31.7 Å². The standard InChI is InChI=1S/C14H20F2N2O/c1-17-8-13-10-18(6-7-19-13)9-11-2-4-12(5-3-11)14(15)16/h2-5,13-14,17H,6-10H2,1H3. The number of hydrogen-bond donors (Lipinski definition) is 1. The molecule has 19 heavy (non-hydrogen) atoms. The van der Waals surface area contributed by atoms with Crippen molar-refractivity contribution < 1.29 is 13.5 Å². The largest absolute Gasteiger partial charge is 0.374 e. The minimum Gasteiger partial charge on any atom is -0.374 e. The maximum Gasteiger partial charge on any atom is 0.263 e. The molecular formula is C14H20F2N2O. The average molecular weight is 270 g/mol. The second-order valence-electron chi connectivity index (χ2n) is 4.83. The Balaban J connectivity index is 1.89. The van der Waals surface area contributed by atoms with Crippen LogP contribution in [0.5, 0.6) is 0 Å². The highest BCUT2D eigenvalue weighted by Gasteiger charge is 2.19. The Morgan fingerprint density at radius 3 is 2.74 bits per heavy atom. The van der Waals surface area contributed by atoms with Gasteiger partial charge in [-0.25, -0.2) is 8.78 Å². The summed E-state index contributed by atoms with van der Waals surface area (Å²) in [5, 5.41) is 3.11. The third-order valence-electron chi connectivity index (χ3n) is 3.29. The van der Waals surface area contributed by atoms with Crippen molar-refractivity contribution in [2.45, 2.75) is 19.1 Å². The molecule has 1 aromatic carbocycles. The maximum absolute atomic E-state index is 12.5. The topological polar surface area (TPSA) is 24.5 Å². The second kappa shape index (κ2) is 6.93. The van der Waals surface area contributed by atoms with E-state index in [0.29, 0.717) is 0 Å². The Bertz CT molecular complexity index is 382. The van der Waals surface area contributed by atoms with Gasteiger partial charge < -0.3 is 10.1 Å². The molecular weight excluding hydrogens is 250 g/mol. The van der Waals surface area contributed by atoms with Crippen molar-refractivity contribution in [3.63, 3.8) is 0 Å². The van der Waals surface area contributed by atoms with Crippen molar-refractivity contribution in [1.82, 2.24) is 10.2 Å². The molecule has 5 heteroatoms. The molecule has 3 nitrogen and oxygen atoms in total. The van der Waals surface area contributed by atoms with Crippen molar-refractivity contribution in [2.24, 2.45) is 0 Å². The van der Waals surface area contributed by atoms with Gasteiger partial charge in [-0.2, -0.15) is 0 Å². The van der Waals surface area contributed by atoms with Crippen LogP contribution in [0.4, 0.5) is 8.78 Å². The van der Waals surface area contributed by atoms with Gasteiger partial charge in [0.05, 0.1) is 12.7 Å². The minimum absolute atomic E-state index is 0.0822. The van der Waals surface area contributed by atoms with E-state index in [1.807, 2.05) is 7.05 Å². The molecule has 1 N–H and O–H groups in total. The van der Waals surface area contributed by atoms with Crippen LogP contribution in [0, 0.1) is 0 Å².